The molecule has 0 bridgehead atoms. The summed E-state index contributed by atoms with van der Waals surface area (Å²) in [6.07, 6.45) is 7.06. The van der Waals surface area contributed by atoms with Gasteiger partial charge < -0.3 is 19.7 Å². The Hall–Kier alpha value is -1.56. The molecule has 0 saturated carbocycles. The summed E-state index contributed by atoms with van der Waals surface area (Å²) >= 11 is 0. The Labute approximate surface area is 140 Å². The van der Waals surface area contributed by atoms with Crippen molar-refractivity contribution in [1.82, 2.24) is 24.7 Å². The molecule has 1 aliphatic heterocycles. The van der Waals surface area contributed by atoms with Gasteiger partial charge in [0.2, 0.25) is 0 Å². The maximum absolute atomic E-state index is 4.83. The maximum atomic E-state index is 4.83. The molecule has 1 aliphatic rings. The summed E-state index contributed by atoms with van der Waals surface area (Å²) in [7, 11) is 2.14. The Morgan fingerprint density at radius 3 is 2.91 bits per heavy atom. The van der Waals surface area contributed by atoms with Crippen molar-refractivity contribution in [3.05, 3.63) is 18.7 Å². The molecule has 0 aromatic carbocycles. The van der Waals surface area contributed by atoms with E-state index in [0.29, 0.717) is 12.0 Å². The average Bonchev–Trinajstić information content (AvgIpc) is 3.08. The highest BCUT2D eigenvalue weighted by atomic mass is 15.3. The molecule has 2 rings (SSSR count). The molecule has 2 atom stereocenters. The fourth-order valence-electron chi connectivity index (χ4n) is 3.01. The van der Waals surface area contributed by atoms with Crippen LogP contribution in [0.2, 0.25) is 0 Å². The van der Waals surface area contributed by atoms with E-state index in [9.17, 15) is 0 Å². The number of aromatic nitrogens is 2. The number of likely N-dealkylation sites (tertiary alicyclic amines) is 1. The third-order valence-electron chi connectivity index (χ3n) is 4.74. The number of nitrogens with zero attached hydrogens (tertiary/aromatic N) is 5. The summed E-state index contributed by atoms with van der Waals surface area (Å²) in [5.41, 5.74) is 0. The molecule has 23 heavy (non-hydrogen) atoms. The van der Waals surface area contributed by atoms with E-state index in [2.05, 4.69) is 58.7 Å². The van der Waals surface area contributed by atoms with Crippen molar-refractivity contribution in [3.63, 3.8) is 0 Å². The van der Waals surface area contributed by atoms with Crippen LogP contribution in [0.4, 0.5) is 0 Å². The highest BCUT2D eigenvalue weighted by molar-refractivity contribution is 5.80. The number of hydrogen-bond acceptors (Lipinski definition) is 3. The lowest BCUT2D eigenvalue weighted by Crippen LogP contribution is -2.49. The number of likely N-dealkylation sites (N-methyl/N-ethyl adjacent to an activating group) is 1. The number of nitrogens with one attached hydrogen (secondary N) is 1. The van der Waals surface area contributed by atoms with Gasteiger partial charge >= 0.3 is 0 Å². The van der Waals surface area contributed by atoms with E-state index in [1.807, 2.05) is 12.5 Å². The van der Waals surface area contributed by atoms with Gasteiger partial charge in [0, 0.05) is 38.6 Å². The molecular weight excluding hydrogens is 288 g/mol. The molecule has 0 aliphatic carbocycles. The largest absolute Gasteiger partial charge is 0.357 e. The third kappa shape index (κ3) is 4.96. The van der Waals surface area contributed by atoms with Crippen LogP contribution >= 0.6 is 0 Å². The van der Waals surface area contributed by atoms with Crippen LogP contribution in [0.15, 0.2) is 23.7 Å². The smallest absolute Gasteiger partial charge is 0.194 e. The predicted octanol–water partition coefficient (Wildman–Crippen LogP) is 1.68. The van der Waals surface area contributed by atoms with Crippen molar-refractivity contribution < 1.29 is 0 Å². The zero-order valence-corrected chi connectivity index (χ0v) is 15.1. The lowest BCUT2D eigenvalue weighted by molar-refractivity contribution is 0.189. The summed E-state index contributed by atoms with van der Waals surface area (Å²) in [5.74, 6) is 1.71. The molecule has 1 fully saturated rings. The van der Waals surface area contributed by atoms with Gasteiger partial charge in [-0.25, -0.2) is 4.98 Å². The highest BCUT2D eigenvalue weighted by Gasteiger charge is 2.28. The van der Waals surface area contributed by atoms with Crippen LogP contribution in [0.5, 0.6) is 0 Å². The van der Waals surface area contributed by atoms with E-state index in [4.69, 9.17) is 4.99 Å². The zero-order valence-electron chi connectivity index (χ0n) is 15.1. The van der Waals surface area contributed by atoms with Crippen LogP contribution < -0.4 is 5.32 Å². The quantitative estimate of drug-likeness (QED) is 0.640. The summed E-state index contributed by atoms with van der Waals surface area (Å²) < 4.78 is 2.24. The number of guanidine groups is 1. The molecule has 1 saturated heterocycles. The maximum Gasteiger partial charge on any atom is 0.194 e. The van der Waals surface area contributed by atoms with Crippen LogP contribution in [0, 0.1) is 5.92 Å². The Morgan fingerprint density at radius 2 is 2.26 bits per heavy atom. The highest BCUT2D eigenvalue weighted by Crippen LogP contribution is 2.27. The van der Waals surface area contributed by atoms with E-state index >= 15 is 0 Å². The standard InChI is InChI=1S/C17H32N6/c1-5-19-17(20-9-11-21(4)6-2)22-10-7-15(3)16(13-22)23-12-8-18-14-23/h8,12,14-16H,5-7,9-11,13H2,1-4H3,(H,19,20). The number of hydrogen-bond donors (Lipinski definition) is 1. The first-order chi connectivity index (χ1) is 11.2. The van der Waals surface area contributed by atoms with Gasteiger partial charge in [-0.3, -0.25) is 4.99 Å². The molecule has 1 N–H and O–H groups in total. The van der Waals surface area contributed by atoms with Gasteiger partial charge in [0.05, 0.1) is 18.9 Å². The minimum atomic E-state index is 0.466. The fourth-order valence-corrected chi connectivity index (χ4v) is 3.01. The van der Waals surface area contributed by atoms with E-state index in [1.54, 1.807) is 0 Å². The average molecular weight is 320 g/mol. The summed E-state index contributed by atoms with van der Waals surface area (Å²) in [6, 6.07) is 0.466. The van der Waals surface area contributed by atoms with E-state index in [-0.39, 0.29) is 0 Å². The van der Waals surface area contributed by atoms with E-state index in [0.717, 1.165) is 45.2 Å². The van der Waals surface area contributed by atoms with Crippen LogP contribution in [-0.2, 0) is 0 Å². The van der Waals surface area contributed by atoms with Gasteiger partial charge in [0.15, 0.2) is 5.96 Å². The molecule has 2 heterocycles. The topological polar surface area (TPSA) is 48.7 Å². The Balaban J connectivity index is 2.02. The summed E-state index contributed by atoms with van der Waals surface area (Å²) in [5, 5.41) is 3.46. The van der Waals surface area contributed by atoms with Gasteiger partial charge in [0.1, 0.15) is 0 Å². The van der Waals surface area contributed by atoms with Crippen molar-refractivity contribution in [1.29, 1.82) is 0 Å². The molecule has 6 heteroatoms. The van der Waals surface area contributed by atoms with E-state index in [1.165, 1.54) is 6.42 Å². The molecule has 2 unspecified atom stereocenters. The minimum Gasteiger partial charge on any atom is -0.357 e. The summed E-state index contributed by atoms with van der Waals surface area (Å²) in [4.78, 5) is 13.7. The molecule has 1 aromatic heterocycles. The van der Waals surface area contributed by atoms with Crippen molar-refractivity contribution in [2.75, 3.05) is 46.3 Å². The molecule has 0 amide bonds. The second-order valence-electron chi connectivity index (χ2n) is 6.42. The third-order valence-corrected chi connectivity index (χ3v) is 4.74. The van der Waals surface area contributed by atoms with Gasteiger partial charge in [-0.2, -0.15) is 0 Å². The SMILES string of the molecule is CCNC(=NCCN(C)CC)N1CCC(C)C(n2ccnc2)C1. The van der Waals surface area contributed by atoms with Gasteiger partial charge in [0.25, 0.3) is 0 Å². The molecular formula is C17H32N6. The molecule has 1 aromatic rings. The van der Waals surface area contributed by atoms with Crippen LogP contribution in [0.25, 0.3) is 0 Å². The molecule has 130 valence electrons. The molecule has 0 radical (unpaired) electrons. The van der Waals surface area contributed by atoms with Crippen LogP contribution in [0.3, 0.4) is 0 Å². The molecule has 6 nitrogen and oxygen atoms in total. The number of piperidine rings is 1. The van der Waals surface area contributed by atoms with Crippen molar-refractivity contribution >= 4 is 5.96 Å². The Kier molecular flexibility index (Phi) is 6.89. The van der Waals surface area contributed by atoms with Crippen molar-refractivity contribution in [2.45, 2.75) is 33.2 Å². The Bertz CT molecular complexity index is 469. The van der Waals surface area contributed by atoms with Gasteiger partial charge in [-0.15, -0.1) is 0 Å². The van der Waals surface area contributed by atoms with Crippen molar-refractivity contribution in [3.8, 4) is 0 Å². The second-order valence-corrected chi connectivity index (χ2v) is 6.42. The summed E-state index contributed by atoms with van der Waals surface area (Å²) in [6.45, 7) is 12.5. The van der Waals surface area contributed by atoms with Crippen LogP contribution in [0.1, 0.15) is 33.2 Å². The van der Waals surface area contributed by atoms with E-state index < -0.39 is 0 Å². The Morgan fingerprint density at radius 1 is 1.43 bits per heavy atom. The minimum absolute atomic E-state index is 0.466. The van der Waals surface area contributed by atoms with Crippen LogP contribution in [-0.4, -0.2) is 71.6 Å². The zero-order chi connectivity index (χ0) is 16.7. The monoisotopic (exact) mass is 320 g/mol. The second kappa shape index (κ2) is 8.91. The van der Waals surface area contributed by atoms with Crippen molar-refractivity contribution in [2.24, 2.45) is 10.9 Å². The first-order valence-electron chi connectivity index (χ1n) is 8.84. The first kappa shape index (κ1) is 17.8. The van der Waals surface area contributed by atoms with Gasteiger partial charge in [-0.05, 0) is 32.9 Å². The normalized spacial score (nSPS) is 22.7. The van der Waals surface area contributed by atoms with Gasteiger partial charge in [-0.1, -0.05) is 13.8 Å². The lowest BCUT2D eigenvalue weighted by Gasteiger charge is -2.39. The predicted molar refractivity (Wildman–Crippen MR) is 95.8 cm³/mol. The number of imidazole rings is 1. The number of rotatable bonds is 6. The fraction of sp³-hybridized carbons (Fsp3) is 0.765. The lowest BCUT2D eigenvalue weighted by atomic mass is 9.93. The first-order valence-corrected chi connectivity index (χ1v) is 8.84. The number of aliphatic imine (C=N–C) groups is 1. The molecule has 0 spiro atoms.